The highest BCUT2D eigenvalue weighted by molar-refractivity contribution is 4.89. The molecular weight excluding hydrogens is 180 g/mol. The second-order valence-corrected chi connectivity index (χ2v) is 4.68. The number of likely N-dealkylation sites (tertiary alicyclic amines) is 1. The lowest BCUT2D eigenvalue weighted by atomic mass is 9.87. The van der Waals surface area contributed by atoms with E-state index in [0.29, 0.717) is 6.54 Å². The Morgan fingerprint density at radius 3 is 2.93 bits per heavy atom. The molecule has 2 aliphatic heterocycles. The van der Waals surface area contributed by atoms with E-state index >= 15 is 0 Å². The fraction of sp³-hybridized carbons (Fsp3) is 1.00. The third-order valence-electron chi connectivity index (χ3n) is 3.42. The second-order valence-electron chi connectivity index (χ2n) is 4.68. The Labute approximate surface area is 85.0 Å². The van der Waals surface area contributed by atoms with Crippen LogP contribution in [0.1, 0.15) is 12.8 Å². The van der Waals surface area contributed by atoms with E-state index in [-0.39, 0.29) is 11.5 Å². The summed E-state index contributed by atoms with van der Waals surface area (Å²) in [7, 11) is 0. The largest absolute Gasteiger partial charge is 0.392 e. The van der Waals surface area contributed by atoms with Gasteiger partial charge in [-0.15, -0.1) is 0 Å². The number of hydrogen-bond donors (Lipinski definition) is 2. The first-order valence-corrected chi connectivity index (χ1v) is 5.42. The molecule has 0 aromatic carbocycles. The number of nitrogens with zero attached hydrogens (tertiary/aromatic N) is 1. The summed E-state index contributed by atoms with van der Waals surface area (Å²) in [6.07, 6.45) is 1.84. The zero-order valence-corrected chi connectivity index (χ0v) is 8.61. The predicted octanol–water partition coefficient (Wildman–Crippen LogP) is -0.582. The average molecular weight is 200 g/mol. The summed E-state index contributed by atoms with van der Waals surface area (Å²) in [5.41, 5.74) is 5.97. The first-order chi connectivity index (χ1) is 6.74. The summed E-state index contributed by atoms with van der Waals surface area (Å²) in [6, 6.07) is 0. The van der Waals surface area contributed by atoms with E-state index in [9.17, 15) is 5.11 Å². The maximum absolute atomic E-state index is 9.43. The molecule has 2 aliphatic rings. The summed E-state index contributed by atoms with van der Waals surface area (Å²) in [6.45, 7) is 5.12. The normalized spacial score (nSPS) is 39.4. The Morgan fingerprint density at radius 2 is 2.43 bits per heavy atom. The van der Waals surface area contributed by atoms with Crippen molar-refractivity contribution < 1.29 is 9.84 Å². The summed E-state index contributed by atoms with van der Waals surface area (Å²) >= 11 is 0. The number of β-amino-alcohol motifs (C(OH)–C–C–N with tert-alkyl or cyclic N) is 1. The molecule has 0 aromatic rings. The van der Waals surface area contributed by atoms with Crippen molar-refractivity contribution in [1.82, 2.24) is 4.90 Å². The molecule has 82 valence electrons. The van der Waals surface area contributed by atoms with E-state index in [1.165, 1.54) is 0 Å². The van der Waals surface area contributed by atoms with Gasteiger partial charge in [0.25, 0.3) is 0 Å². The lowest BCUT2D eigenvalue weighted by Gasteiger charge is -2.30. The van der Waals surface area contributed by atoms with Crippen molar-refractivity contribution in [3.05, 3.63) is 0 Å². The molecule has 0 saturated carbocycles. The van der Waals surface area contributed by atoms with Crippen molar-refractivity contribution in [2.45, 2.75) is 18.9 Å². The molecule has 14 heavy (non-hydrogen) atoms. The molecule has 2 atom stereocenters. The van der Waals surface area contributed by atoms with Crippen LogP contribution < -0.4 is 5.73 Å². The maximum atomic E-state index is 9.43. The molecule has 2 unspecified atom stereocenters. The fourth-order valence-corrected chi connectivity index (χ4v) is 2.43. The Hall–Kier alpha value is -0.160. The average Bonchev–Trinajstić information content (AvgIpc) is 2.77. The van der Waals surface area contributed by atoms with Gasteiger partial charge in [0.1, 0.15) is 0 Å². The van der Waals surface area contributed by atoms with Crippen molar-refractivity contribution in [2.24, 2.45) is 11.1 Å². The van der Waals surface area contributed by atoms with Gasteiger partial charge in [0.2, 0.25) is 0 Å². The highest BCUT2D eigenvalue weighted by Crippen LogP contribution is 2.29. The van der Waals surface area contributed by atoms with Crippen LogP contribution in [0.4, 0.5) is 0 Å². The van der Waals surface area contributed by atoms with Gasteiger partial charge in [-0.1, -0.05) is 0 Å². The lowest BCUT2D eigenvalue weighted by Crippen LogP contribution is -2.42. The summed E-state index contributed by atoms with van der Waals surface area (Å²) in [4.78, 5) is 2.31. The van der Waals surface area contributed by atoms with E-state index in [1.54, 1.807) is 0 Å². The van der Waals surface area contributed by atoms with Crippen LogP contribution in [0.15, 0.2) is 0 Å². The zero-order valence-electron chi connectivity index (χ0n) is 8.61. The van der Waals surface area contributed by atoms with Gasteiger partial charge in [-0.05, 0) is 12.8 Å². The third-order valence-corrected chi connectivity index (χ3v) is 3.42. The first kappa shape index (κ1) is 10.4. The lowest BCUT2D eigenvalue weighted by molar-refractivity contribution is 0.114. The maximum Gasteiger partial charge on any atom is 0.0679 e. The topological polar surface area (TPSA) is 58.7 Å². The van der Waals surface area contributed by atoms with Gasteiger partial charge in [-0.25, -0.2) is 0 Å². The number of aliphatic hydroxyl groups is 1. The Morgan fingerprint density at radius 1 is 1.57 bits per heavy atom. The number of ether oxygens (including phenoxy) is 1. The Balaban J connectivity index is 1.88. The minimum absolute atomic E-state index is 0.132. The highest BCUT2D eigenvalue weighted by atomic mass is 16.5. The predicted molar refractivity (Wildman–Crippen MR) is 54.0 cm³/mol. The van der Waals surface area contributed by atoms with E-state index in [1.807, 2.05) is 0 Å². The minimum Gasteiger partial charge on any atom is -0.392 e. The quantitative estimate of drug-likeness (QED) is 0.640. The standard InChI is InChI=1S/C10H20N2O2/c11-6-10(2-4-14-8-10)7-12-3-1-9(13)5-12/h9,13H,1-8,11H2. The van der Waals surface area contributed by atoms with E-state index in [2.05, 4.69) is 4.90 Å². The Kier molecular flexibility index (Phi) is 3.07. The van der Waals surface area contributed by atoms with Gasteiger partial charge in [-0.2, -0.15) is 0 Å². The van der Waals surface area contributed by atoms with Gasteiger partial charge in [0.05, 0.1) is 12.7 Å². The van der Waals surface area contributed by atoms with Gasteiger partial charge < -0.3 is 15.6 Å². The molecule has 4 heteroatoms. The van der Waals surface area contributed by atoms with Crippen molar-refractivity contribution in [3.63, 3.8) is 0 Å². The molecule has 2 rings (SSSR count). The molecule has 4 nitrogen and oxygen atoms in total. The monoisotopic (exact) mass is 200 g/mol. The minimum atomic E-state index is -0.132. The fourth-order valence-electron chi connectivity index (χ4n) is 2.43. The second kappa shape index (κ2) is 4.14. The van der Waals surface area contributed by atoms with Crippen molar-refractivity contribution >= 4 is 0 Å². The molecule has 2 saturated heterocycles. The van der Waals surface area contributed by atoms with E-state index in [4.69, 9.17) is 10.5 Å². The molecule has 2 fully saturated rings. The zero-order chi connectivity index (χ0) is 10.0. The molecule has 0 bridgehead atoms. The van der Waals surface area contributed by atoms with Crippen LogP contribution in [0.3, 0.4) is 0 Å². The molecule has 0 amide bonds. The van der Waals surface area contributed by atoms with E-state index in [0.717, 1.165) is 45.7 Å². The first-order valence-electron chi connectivity index (χ1n) is 5.42. The summed E-state index contributed by atoms with van der Waals surface area (Å²) in [5, 5.41) is 9.43. The van der Waals surface area contributed by atoms with Crippen LogP contribution in [0, 0.1) is 5.41 Å². The van der Waals surface area contributed by atoms with Crippen molar-refractivity contribution in [3.8, 4) is 0 Å². The summed E-state index contributed by atoms with van der Waals surface area (Å²) < 4.78 is 5.42. The van der Waals surface area contributed by atoms with Crippen molar-refractivity contribution in [2.75, 3.05) is 39.4 Å². The molecule has 0 aliphatic carbocycles. The SMILES string of the molecule is NCC1(CN2CCC(O)C2)CCOC1. The van der Waals surface area contributed by atoms with E-state index < -0.39 is 0 Å². The van der Waals surface area contributed by atoms with Crippen LogP contribution in [0.25, 0.3) is 0 Å². The smallest absolute Gasteiger partial charge is 0.0679 e. The molecule has 3 N–H and O–H groups in total. The van der Waals surface area contributed by atoms with Crippen LogP contribution in [-0.4, -0.2) is 55.5 Å². The molecule has 0 aromatic heterocycles. The number of aliphatic hydroxyl groups excluding tert-OH is 1. The Bertz CT molecular complexity index is 193. The number of rotatable bonds is 3. The molecule has 2 heterocycles. The van der Waals surface area contributed by atoms with Crippen LogP contribution in [0.2, 0.25) is 0 Å². The number of nitrogens with two attached hydrogens (primary N) is 1. The third kappa shape index (κ3) is 2.08. The van der Waals surface area contributed by atoms with Crippen LogP contribution >= 0.6 is 0 Å². The molecule has 0 spiro atoms. The van der Waals surface area contributed by atoms with Gasteiger partial charge in [-0.3, -0.25) is 4.90 Å². The van der Waals surface area contributed by atoms with Crippen LogP contribution in [-0.2, 0) is 4.74 Å². The highest BCUT2D eigenvalue weighted by Gasteiger charge is 2.36. The van der Waals surface area contributed by atoms with Gasteiger partial charge >= 0.3 is 0 Å². The van der Waals surface area contributed by atoms with Crippen molar-refractivity contribution in [1.29, 1.82) is 0 Å². The summed E-state index contributed by atoms with van der Waals surface area (Å²) in [5.74, 6) is 0. The van der Waals surface area contributed by atoms with Gasteiger partial charge in [0, 0.05) is 38.2 Å². The number of hydrogen-bond acceptors (Lipinski definition) is 4. The van der Waals surface area contributed by atoms with Crippen LogP contribution in [0.5, 0.6) is 0 Å². The molecular formula is C10H20N2O2. The molecule has 0 radical (unpaired) electrons. The van der Waals surface area contributed by atoms with Gasteiger partial charge in [0.15, 0.2) is 0 Å².